The maximum Gasteiger partial charge on any atom is 0.321 e. The second-order valence-electron chi connectivity index (χ2n) is 6.00. The lowest BCUT2D eigenvalue weighted by Gasteiger charge is -2.17. The molecule has 1 heterocycles. The summed E-state index contributed by atoms with van der Waals surface area (Å²) < 4.78 is 0. The fourth-order valence-corrected chi connectivity index (χ4v) is 2.59. The van der Waals surface area contributed by atoms with Crippen LogP contribution in [0.15, 0.2) is 36.9 Å². The van der Waals surface area contributed by atoms with E-state index in [1.54, 1.807) is 4.90 Å². The minimum Gasteiger partial charge on any atom is -0.350 e. The molecule has 0 spiro atoms. The Bertz CT molecular complexity index is 653. The maximum atomic E-state index is 12.1. The van der Waals surface area contributed by atoms with Gasteiger partial charge in [-0.2, -0.15) is 0 Å². The smallest absolute Gasteiger partial charge is 0.321 e. The van der Waals surface area contributed by atoms with Crippen LogP contribution in [0.4, 0.5) is 10.5 Å². The number of rotatable bonds is 6. The summed E-state index contributed by atoms with van der Waals surface area (Å²) in [5.74, 6) is -0.564. The lowest BCUT2D eigenvalue weighted by Crippen LogP contribution is -2.37. The number of hydrogen-bond acceptors (Lipinski definition) is 3. The largest absolute Gasteiger partial charge is 0.350 e. The summed E-state index contributed by atoms with van der Waals surface area (Å²) >= 11 is 0. The van der Waals surface area contributed by atoms with Crippen LogP contribution in [0.5, 0.6) is 0 Å². The van der Waals surface area contributed by atoms with Crippen LogP contribution in [-0.4, -0.2) is 54.3 Å². The average Bonchev–Trinajstić information content (AvgIpc) is 3.14. The van der Waals surface area contributed by atoms with E-state index >= 15 is 0 Å². The van der Waals surface area contributed by atoms with Crippen molar-refractivity contribution in [2.24, 2.45) is 0 Å². The molecule has 1 aliphatic rings. The number of carbonyl (C=O) groups is 3. The number of benzene rings is 1. The number of likely N-dealkylation sites (N-methyl/N-ethyl adjacent to an activating group) is 1. The molecular weight excluding hydrogens is 320 g/mol. The lowest BCUT2D eigenvalue weighted by molar-refractivity contribution is -0.131. The summed E-state index contributed by atoms with van der Waals surface area (Å²) in [6.07, 6.45) is 3.25. The monoisotopic (exact) mass is 344 g/mol. The molecule has 1 aromatic rings. The van der Waals surface area contributed by atoms with Crippen molar-refractivity contribution in [2.45, 2.75) is 19.4 Å². The van der Waals surface area contributed by atoms with Crippen LogP contribution in [0.25, 0.3) is 0 Å². The van der Waals surface area contributed by atoms with E-state index in [0.29, 0.717) is 12.2 Å². The van der Waals surface area contributed by atoms with Crippen molar-refractivity contribution in [3.8, 4) is 0 Å². The zero-order chi connectivity index (χ0) is 18.2. The number of carbonyl (C=O) groups excluding carboxylic acids is 3. The summed E-state index contributed by atoms with van der Waals surface area (Å²) in [6.45, 7) is 5.25. The van der Waals surface area contributed by atoms with E-state index in [1.807, 2.05) is 24.3 Å². The van der Waals surface area contributed by atoms with E-state index in [2.05, 4.69) is 17.2 Å². The zero-order valence-corrected chi connectivity index (χ0v) is 14.5. The van der Waals surface area contributed by atoms with Gasteiger partial charge in [-0.15, -0.1) is 0 Å². The molecule has 0 bridgehead atoms. The highest BCUT2D eigenvalue weighted by molar-refractivity contribution is 5.91. The van der Waals surface area contributed by atoms with E-state index in [1.165, 1.54) is 18.0 Å². The molecule has 7 heteroatoms. The van der Waals surface area contributed by atoms with Gasteiger partial charge in [-0.05, 0) is 36.6 Å². The summed E-state index contributed by atoms with van der Waals surface area (Å²) in [4.78, 5) is 38.4. The lowest BCUT2D eigenvalue weighted by atomic mass is 10.2. The van der Waals surface area contributed by atoms with Gasteiger partial charge in [0.05, 0.1) is 6.54 Å². The Morgan fingerprint density at radius 1 is 1.28 bits per heavy atom. The molecule has 7 nitrogen and oxygen atoms in total. The minimum atomic E-state index is -0.304. The minimum absolute atomic E-state index is 0.0315. The topological polar surface area (TPSA) is 81.8 Å². The third-order valence-electron chi connectivity index (χ3n) is 3.99. The molecule has 1 fully saturated rings. The van der Waals surface area contributed by atoms with E-state index in [-0.39, 0.29) is 24.4 Å². The summed E-state index contributed by atoms with van der Waals surface area (Å²) in [5, 5.41) is 5.63. The molecule has 1 aliphatic heterocycles. The molecule has 1 saturated heterocycles. The maximum absolute atomic E-state index is 12.1. The van der Waals surface area contributed by atoms with Crippen molar-refractivity contribution in [2.75, 3.05) is 32.0 Å². The number of nitrogens with one attached hydrogen (secondary N) is 2. The molecule has 25 heavy (non-hydrogen) atoms. The van der Waals surface area contributed by atoms with Gasteiger partial charge in [0.2, 0.25) is 11.8 Å². The third-order valence-corrected chi connectivity index (χ3v) is 3.99. The van der Waals surface area contributed by atoms with Crippen molar-refractivity contribution in [1.29, 1.82) is 0 Å². The molecule has 4 amide bonds. The second kappa shape index (κ2) is 8.86. The Morgan fingerprint density at radius 2 is 2.00 bits per heavy atom. The molecule has 0 radical (unpaired) electrons. The summed E-state index contributed by atoms with van der Waals surface area (Å²) in [6, 6.07) is 7.24. The van der Waals surface area contributed by atoms with Gasteiger partial charge in [-0.3, -0.25) is 9.59 Å². The van der Waals surface area contributed by atoms with E-state index in [9.17, 15) is 14.4 Å². The molecule has 2 rings (SSSR count). The first-order valence-electron chi connectivity index (χ1n) is 8.28. The normalized spacial score (nSPS) is 13.2. The molecule has 0 aliphatic carbocycles. The fourth-order valence-electron chi connectivity index (χ4n) is 2.59. The van der Waals surface area contributed by atoms with Crippen LogP contribution in [0.1, 0.15) is 18.4 Å². The Hall–Kier alpha value is -2.83. The van der Waals surface area contributed by atoms with Gasteiger partial charge in [-0.25, -0.2) is 4.79 Å². The molecule has 134 valence electrons. The quantitative estimate of drug-likeness (QED) is 0.769. The van der Waals surface area contributed by atoms with Crippen molar-refractivity contribution in [1.82, 2.24) is 15.1 Å². The van der Waals surface area contributed by atoms with Crippen LogP contribution in [0.3, 0.4) is 0 Å². The van der Waals surface area contributed by atoms with Crippen molar-refractivity contribution in [3.05, 3.63) is 42.5 Å². The zero-order valence-electron chi connectivity index (χ0n) is 14.5. The third kappa shape index (κ3) is 5.63. The van der Waals surface area contributed by atoms with Crippen molar-refractivity contribution >= 4 is 23.5 Å². The van der Waals surface area contributed by atoms with Crippen LogP contribution >= 0.6 is 0 Å². The molecule has 0 atom stereocenters. The fraction of sp³-hybridized carbons (Fsp3) is 0.389. The SMILES string of the molecule is C=CC(=O)N(C)CC(=O)NCc1cccc(NC(=O)N2CCCC2)c1. The Balaban J connectivity index is 1.84. The number of anilines is 1. The summed E-state index contributed by atoms with van der Waals surface area (Å²) in [5.41, 5.74) is 1.56. The highest BCUT2D eigenvalue weighted by atomic mass is 16.2. The van der Waals surface area contributed by atoms with Crippen LogP contribution < -0.4 is 10.6 Å². The Labute approximate surface area is 147 Å². The van der Waals surface area contributed by atoms with Crippen LogP contribution in [-0.2, 0) is 16.1 Å². The van der Waals surface area contributed by atoms with Crippen molar-refractivity contribution in [3.63, 3.8) is 0 Å². The molecule has 0 aromatic heterocycles. The standard InChI is InChI=1S/C18H24N4O3/c1-3-17(24)21(2)13-16(23)19-12-14-7-6-8-15(11-14)20-18(25)22-9-4-5-10-22/h3,6-8,11H,1,4-5,9-10,12-13H2,2H3,(H,19,23)(H,20,25). The van der Waals surface area contributed by atoms with E-state index in [4.69, 9.17) is 0 Å². The summed E-state index contributed by atoms with van der Waals surface area (Å²) in [7, 11) is 1.54. The van der Waals surface area contributed by atoms with E-state index < -0.39 is 0 Å². The first kappa shape index (κ1) is 18.5. The van der Waals surface area contributed by atoms with Gasteiger partial charge in [-0.1, -0.05) is 18.7 Å². The number of likely N-dealkylation sites (tertiary alicyclic amines) is 1. The number of amides is 4. The van der Waals surface area contributed by atoms with Crippen molar-refractivity contribution < 1.29 is 14.4 Å². The van der Waals surface area contributed by atoms with Gasteiger partial charge in [0, 0.05) is 32.4 Å². The average molecular weight is 344 g/mol. The van der Waals surface area contributed by atoms with Crippen LogP contribution in [0.2, 0.25) is 0 Å². The predicted octanol–water partition coefficient (Wildman–Crippen LogP) is 1.57. The first-order valence-corrected chi connectivity index (χ1v) is 8.28. The second-order valence-corrected chi connectivity index (χ2v) is 6.00. The highest BCUT2D eigenvalue weighted by Gasteiger charge is 2.17. The van der Waals surface area contributed by atoms with Gasteiger partial charge in [0.1, 0.15) is 0 Å². The molecule has 2 N–H and O–H groups in total. The highest BCUT2D eigenvalue weighted by Crippen LogP contribution is 2.14. The van der Waals surface area contributed by atoms with Crippen LogP contribution in [0, 0.1) is 0 Å². The predicted molar refractivity (Wildman–Crippen MR) is 95.9 cm³/mol. The first-order chi connectivity index (χ1) is 12.0. The Morgan fingerprint density at radius 3 is 2.68 bits per heavy atom. The Kier molecular flexibility index (Phi) is 6.56. The van der Waals surface area contributed by atoms with Gasteiger partial charge in [0.25, 0.3) is 0 Å². The van der Waals surface area contributed by atoms with Gasteiger partial charge >= 0.3 is 6.03 Å². The molecule has 0 saturated carbocycles. The number of nitrogens with zero attached hydrogens (tertiary/aromatic N) is 2. The van der Waals surface area contributed by atoms with Gasteiger partial charge in [0.15, 0.2) is 0 Å². The number of hydrogen-bond donors (Lipinski definition) is 2. The molecule has 0 unspecified atom stereocenters. The molecular formula is C18H24N4O3. The van der Waals surface area contributed by atoms with Gasteiger partial charge < -0.3 is 20.4 Å². The van der Waals surface area contributed by atoms with E-state index in [0.717, 1.165) is 31.5 Å². The number of urea groups is 1. The molecule has 1 aromatic carbocycles.